The molecule has 0 radical (unpaired) electrons. The summed E-state index contributed by atoms with van der Waals surface area (Å²) in [5, 5.41) is 8.35. The van der Waals surface area contributed by atoms with Crippen molar-refractivity contribution >= 4 is 15.7 Å². The lowest BCUT2D eigenvalue weighted by Crippen LogP contribution is -2.13. The Balaban J connectivity index is 1.87. The Kier molecular flexibility index (Phi) is 3.52. The monoisotopic (exact) mass is 305 g/mol. The molecule has 110 valence electrons. The number of benzene rings is 1. The molecule has 2 heterocycles. The third-order valence-electron chi connectivity index (χ3n) is 3.29. The molecule has 1 aromatic heterocycles. The van der Waals surface area contributed by atoms with E-state index in [0.717, 1.165) is 25.1 Å². The van der Waals surface area contributed by atoms with Gasteiger partial charge in [-0.05, 0) is 30.5 Å². The number of anilines is 1. The number of pyridine rings is 1. The lowest BCUT2D eigenvalue weighted by atomic mass is 10.0. The van der Waals surface area contributed by atoms with Gasteiger partial charge in [0.1, 0.15) is 4.90 Å². The standard InChI is InChI=1S/C14H15N3O3S/c15-21(18,19)11-6-7-13(17-9-11)20-12-5-1-3-10-4-2-8-16-14(10)12/h1,3,5-7,9,16H,2,4,8H2,(H2,15,18,19). The predicted octanol–water partition coefficient (Wildman–Crippen LogP) is 1.88. The number of fused-ring (bicyclic) bond motifs is 1. The maximum atomic E-state index is 11.2. The van der Waals surface area contributed by atoms with Crippen LogP contribution in [0.2, 0.25) is 0 Å². The molecule has 0 fully saturated rings. The van der Waals surface area contributed by atoms with Crippen molar-refractivity contribution in [3.8, 4) is 11.6 Å². The largest absolute Gasteiger partial charge is 0.437 e. The summed E-state index contributed by atoms with van der Waals surface area (Å²) in [6.45, 7) is 0.908. The molecule has 1 aliphatic rings. The van der Waals surface area contributed by atoms with E-state index in [-0.39, 0.29) is 4.90 Å². The molecule has 1 aliphatic heterocycles. The summed E-state index contributed by atoms with van der Waals surface area (Å²) in [5.74, 6) is 1.01. The highest BCUT2D eigenvalue weighted by molar-refractivity contribution is 7.89. The third-order valence-corrected chi connectivity index (χ3v) is 4.19. The van der Waals surface area contributed by atoms with E-state index in [1.54, 1.807) is 0 Å². The number of hydrogen-bond donors (Lipinski definition) is 2. The van der Waals surface area contributed by atoms with Crippen LogP contribution in [0.25, 0.3) is 0 Å². The van der Waals surface area contributed by atoms with Crippen molar-refractivity contribution in [1.82, 2.24) is 4.98 Å². The second kappa shape index (κ2) is 5.34. The van der Waals surface area contributed by atoms with E-state index < -0.39 is 10.0 Å². The molecular weight excluding hydrogens is 290 g/mol. The Hall–Kier alpha value is -2.12. The first-order valence-corrected chi connectivity index (χ1v) is 8.11. The van der Waals surface area contributed by atoms with Crippen LogP contribution in [-0.4, -0.2) is 19.9 Å². The number of aryl methyl sites for hydroxylation is 1. The normalized spacial score (nSPS) is 14.1. The molecule has 1 aromatic carbocycles. The van der Waals surface area contributed by atoms with Gasteiger partial charge in [0.2, 0.25) is 15.9 Å². The van der Waals surface area contributed by atoms with Gasteiger partial charge >= 0.3 is 0 Å². The first-order valence-electron chi connectivity index (χ1n) is 6.56. The maximum Gasteiger partial charge on any atom is 0.239 e. The Morgan fingerprint density at radius 1 is 1.24 bits per heavy atom. The molecule has 0 unspecified atom stereocenters. The lowest BCUT2D eigenvalue weighted by Gasteiger charge is -2.20. The number of aromatic nitrogens is 1. The molecule has 0 saturated heterocycles. The molecular formula is C14H15N3O3S. The number of nitrogens with zero attached hydrogens (tertiary/aromatic N) is 1. The number of rotatable bonds is 3. The van der Waals surface area contributed by atoms with Gasteiger partial charge in [-0.3, -0.25) is 0 Å². The number of nitrogens with two attached hydrogens (primary N) is 1. The fraction of sp³-hybridized carbons (Fsp3) is 0.214. The Bertz CT molecular complexity index is 758. The lowest BCUT2D eigenvalue weighted by molar-refractivity contribution is 0.462. The Morgan fingerprint density at radius 3 is 2.81 bits per heavy atom. The average Bonchev–Trinajstić information content (AvgIpc) is 2.47. The summed E-state index contributed by atoms with van der Waals surface area (Å²) in [5.41, 5.74) is 2.18. The minimum atomic E-state index is -3.74. The van der Waals surface area contributed by atoms with Gasteiger partial charge in [0, 0.05) is 12.6 Å². The topological polar surface area (TPSA) is 94.3 Å². The van der Waals surface area contributed by atoms with Crippen molar-refractivity contribution in [2.24, 2.45) is 5.14 Å². The van der Waals surface area contributed by atoms with Crippen molar-refractivity contribution in [3.05, 3.63) is 42.1 Å². The SMILES string of the molecule is NS(=O)(=O)c1ccc(Oc2cccc3c2NCCC3)nc1. The van der Waals surface area contributed by atoms with Gasteiger partial charge in [-0.15, -0.1) is 0 Å². The van der Waals surface area contributed by atoms with Crippen LogP contribution < -0.4 is 15.2 Å². The molecule has 0 spiro atoms. The highest BCUT2D eigenvalue weighted by atomic mass is 32.2. The molecule has 0 saturated carbocycles. The van der Waals surface area contributed by atoms with Gasteiger partial charge in [0.25, 0.3) is 0 Å². The summed E-state index contributed by atoms with van der Waals surface area (Å²) >= 11 is 0. The molecule has 6 nitrogen and oxygen atoms in total. The molecule has 0 aliphatic carbocycles. The van der Waals surface area contributed by atoms with E-state index in [4.69, 9.17) is 9.88 Å². The Morgan fingerprint density at radius 2 is 2.10 bits per heavy atom. The van der Waals surface area contributed by atoms with Gasteiger partial charge in [0.05, 0.1) is 11.9 Å². The van der Waals surface area contributed by atoms with Crippen molar-refractivity contribution < 1.29 is 13.2 Å². The van der Waals surface area contributed by atoms with Gasteiger partial charge in [-0.1, -0.05) is 12.1 Å². The molecule has 0 bridgehead atoms. The zero-order chi connectivity index (χ0) is 14.9. The minimum Gasteiger partial charge on any atom is -0.437 e. The smallest absolute Gasteiger partial charge is 0.239 e. The number of nitrogens with one attached hydrogen (secondary N) is 1. The van der Waals surface area contributed by atoms with E-state index in [9.17, 15) is 8.42 Å². The van der Waals surface area contributed by atoms with E-state index >= 15 is 0 Å². The molecule has 0 amide bonds. The summed E-state index contributed by atoms with van der Waals surface area (Å²) in [6.07, 6.45) is 3.29. The Labute approximate surface area is 123 Å². The quantitative estimate of drug-likeness (QED) is 0.903. The van der Waals surface area contributed by atoms with Crippen LogP contribution in [0.15, 0.2) is 41.4 Å². The number of para-hydroxylation sites is 1. The highest BCUT2D eigenvalue weighted by Gasteiger charge is 2.14. The van der Waals surface area contributed by atoms with Crippen LogP contribution >= 0.6 is 0 Å². The van der Waals surface area contributed by atoms with Crippen molar-refractivity contribution in [1.29, 1.82) is 0 Å². The summed E-state index contributed by atoms with van der Waals surface area (Å²) in [4.78, 5) is 3.94. The third kappa shape index (κ3) is 2.98. The summed E-state index contributed by atoms with van der Waals surface area (Å²) in [7, 11) is -3.74. The highest BCUT2D eigenvalue weighted by Crippen LogP contribution is 2.34. The number of primary sulfonamides is 1. The molecule has 3 rings (SSSR count). The number of sulfonamides is 1. The zero-order valence-electron chi connectivity index (χ0n) is 11.2. The molecule has 3 N–H and O–H groups in total. The first-order chi connectivity index (χ1) is 10.0. The zero-order valence-corrected chi connectivity index (χ0v) is 12.1. The second-order valence-corrected chi connectivity index (χ2v) is 6.36. The van der Waals surface area contributed by atoms with E-state index in [1.807, 2.05) is 12.1 Å². The maximum absolute atomic E-state index is 11.2. The van der Waals surface area contributed by atoms with Gasteiger partial charge in [0.15, 0.2) is 5.75 Å². The number of hydrogen-bond acceptors (Lipinski definition) is 5. The fourth-order valence-electron chi connectivity index (χ4n) is 2.27. The van der Waals surface area contributed by atoms with Gasteiger partial charge in [-0.25, -0.2) is 18.5 Å². The van der Waals surface area contributed by atoms with Crippen molar-refractivity contribution in [2.45, 2.75) is 17.7 Å². The van der Waals surface area contributed by atoms with Crippen LogP contribution in [0.3, 0.4) is 0 Å². The van der Waals surface area contributed by atoms with Crippen LogP contribution in [0.1, 0.15) is 12.0 Å². The van der Waals surface area contributed by atoms with E-state index in [0.29, 0.717) is 11.6 Å². The van der Waals surface area contributed by atoms with Gasteiger partial charge < -0.3 is 10.1 Å². The summed E-state index contributed by atoms with van der Waals surface area (Å²) in [6, 6.07) is 8.71. The van der Waals surface area contributed by atoms with Crippen LogP contribution in [-0.2, 0) is 16.4 Å². The van der Waals surface area contributed by atoms with E-state index in [1.165, 1.54) is 23.9 Å². The van der Waals surface area contributed by atoms with Crippen LogP contribution in [0.5, 0.6) is 11.6 Å². The number of ether oxygens (including phenoxy) is 1. The minimum absolute atomic E-state index is 0.0388. The summed E-state index contributed by atoms with van der Waals surface area (Å²) < 4.78 is 28.1. The predicted molar refractivity (Wildman–Crippen MR) is 78.9 cm³/mol. The van der Waals surface area contributed by atoms with Crippen LogP contribution in [0.4, 0.5) is 5.69 Å². The molecule has 7 heteroatoms. The molecule has 0 atom stereocenters. The average molecular weight is 305 g/mol. The van der Waals surface area contributed by atoms with E-state index in [2.05, 4.69) is 16.4 Å². The first kappa shape index (κ1) is 13.8. The molecule has 21 heavy (non-hydrogen) atoms. The van der Waals surface area contributed by atoms with Crippen molar-refractivity contribution in [3.63, 3.8) is 0 Å². The van der Waals surface area contributed by atoms with Crippen molar-refractivity contribution in [2.75, 3.05) is 11.9 Å². The van der Waals surface area contributed by atoms with Gasteiger partial charge in [-0.2, -0.15) is 0 Å². The fourth-order valence-corrected chi connectivity index (χ4v) is 2.73. The van der Waals surface area contributed by atoms with Crippen LogP contribution in [0, 0.1) is 0 Å². The molecule has 2 aromatic rings. The second-order valence-electron chi connectivity index (χ2n) is 4.80.